The third kappa shape index (κ3) is 2.61. The molecule has 1 fully saturated rings. The van der Waals surface area contributed by atoms with Crippen molar-refractivity contribution >= 4 is 27.3 Å². The molecule has 18 heavy (non-hydrogen) atoms. The molecule has 0 amide bonds. The molecule has 1 heterocycles. The van der Waals surface area contributed by atoms with E-state index in [9.17, 15) is 8.42 Å². The fourth-order valence-electron chi connectivity index (χ4n) is 1.95. The second-order valence-corrected chi connectivity index (χ2v) is 6.31. The van der Waals surface area contributed by atoms with E-state index >= 15 is 0 Å². The van der Waals surface area contributed by atoms with Gasteiger partial charge in [0.25, 0.3) is 0 Å². The normalized spacial score (nSPS) is 24.3. The van der Waals surface area contributed by atoms with Crippen LogP contribution < -0.4 is 10.5 Å². The van der Waals surface area contributed by atoms with E-state index in [1.807, 2.05) is 6.92 Å². The zero-order valence-corrected chi connectivity index (χ0v) is 11.5. The van der Waals surface area contributed by atoms with Crippen LogP contribution in [0.15, 0.2) is 23.1 Å². The van der Waals surface area contributed by atoms with E-state index in [0.717, 1.165) is 0 Å². The van der Waals surface area contributed by atoms with Crippen LogP contribution in [0, 0.1) is 0 Å². The third-order valence-electron chi connectivity index (χ3n) is 2.95. The van der Waals surface area contributed by atoms with Gasteiger partial charge in [-0.1, -0.05) is 17.7 Å². The Bertz CT molecular complexity index is 527. The number of ether oxygens (including phenoxy) is 1. The molecule has 0 aliphatic carbocycles. The first-order chi connectivity index (χ1) is 8.42. The van der Waals surface area contributed by atoms with Gasteiger partial charge in [-0.2, -0.15) is 0 Å². The summed E-state index contributed by atoms with van der Waals surface area (Å²) in [6.45, 7) is 2.38. The highest BCUT2D eigenvalue weighted by Gasteiger charge is 2.31. The van der Waals surface area contributed by atoms with Crippen molar-refractivity contribution in [3.05, 3.63) is 23.2 Å². The molecule has 1 aromatic rings. The lowest BCUT2D eigenvalue weighted by Crippen LogP contribution is -2.39. The summed E-state index contributed by atoms with van der Waals surface area (Å²) >= 11 is 5.91. The number of hydrogen-bond donors (Lipinski definition) is 2. The van der Waals surface area contributed by atoms with Crippen molar-refractivity contribution in [1.82, 2.24) is 4.72 Å². The van der Waals surface area contributed by atoms with E-state index in [1.54, 1.807) is 6.07 Å². The Morgan fingerprint density at radius 1 is 1.50 bits per heavy atom. The van der Waals surface area contributed by atoms with Crippen molar-refractivity contribution in [2.45, 2.75) is 30.4 Å². The van der Waals surface area contributed by atoms with Gasteiger partial charge < -0.3 is 10.5 Å². The van der Waals surface area contributed by atoms with Crippen LogP contribution in [0.3, 0.4) is 0 Å². The summed E-state index contributed by atoms with van der Waals surface area (Å²) in [5.41, 5.74) is 5.82. The lowest BCUT2D eigenvalue weighted by Gasteiger charge is -2.17. The molecule has 0 radical (unpaired) electrons. The molecule has 1 aliphatic rings. The highest BCUT2D eigenvalue weighted by Crippen LogP contribution is 2.28. The number of halogens is 1. The van der Waals surface area contributed by atoms with Gasteiger partial charge in [0, 0.05) is 6.61 Å². The summed E-state index contributed by atoms with van der Waals surface area (Å²) in [5, 5.41) is 0.120. The van der Waals surface area contributed by atoms with Crippen LogP contribution in [0.2, 0.25) is 5.02 Å². The van der Waals surface area contributed by atoms with Crippen LogP contribution >= 0.6 is 11.6 Å². The van der Waals surface area contributed by atoms with Crippen LogP contribution in [-0.4, -0.2) is 27.2 Å². The van der Waals surface area contributed by atoms with Gasteiger partial charge in [-0.25, -0.2) is 13.1 Å². The van der Waals surface area contributed by atoms with Crippen LogP contribution in [-0.2, 0) is 14.8 Å². The van der Waals surface area contributed by atoms with Gasteiger partial charge >= 0.3 is 0 Å². The first-order valence-corrected chi connectivity index (χ1v) is 7.46. The molecule has 3 N–H and O–H groups in total. The topological polar surface area (TPSA) is 81.4 Å². The Labute approximate surface area is 111 Å². The van der Waals surface area contributed by atoms with Gasteiger partial charge in [-0.05, 0) is 25.5 Å². The minimum Gasteiger partial charge on any atom is -0.398 e. The maximum atomic E-state index is 12.2. The minimum absolute atomic E-state index is 0.0641. The quantitative estimate of drug-likeness (QED) is 0.824. The highest BCUT2D eigenvalue weighted by molar-refractivity contribution is 7.89. The van der Waals surface area contributed by atoms with Gasteiger partial charge in [-0.3, -0.25) is 0 Å². The minimum atomic E-state index is -3.72. The Morgan fingerprint density at radius 3 is 2.78 bits per heavy atom. The Morgan fingerprint density at radius 2 is 2.22 bits per heavy atom. The first kappa shape index (κ1) is 13.6. The number of sulfonamides is 1. The summed E-state index contributed by atoms with van der Waals surface area (Å²) in [6, 6.07) is 4.37. The lowest BCUT2D eigenvalue weighted by molar-refractivity contribution is 0.117. The maximum Gasteiger partial charge on any atom is 0.244 e. The van der Waals surface area contributed by atoms with Crippen LogP contribution in [0.4, 0.5) is 5.69 Å². The van der Waals surface area contributed by atoms with Gasteiger partial charge in [0.2, 0.25) is 10.0 Å². The third-order valence-corrected chi connectivity index (χ3v) is 4.98. The molecule has 0 saturated carbocycles. The van der Waals surface area contributed by atoms with Gasteiger partial charge in [0.1, 0.15) is 4.90 Å². The number of rotatable bonds is 3. The molecule has 0 spiro atoms. The van der Waals surface area contributed by atoms with E-state index in [0.29, 0.717) is 13.0 Å². The SMILES string of the molecule is CC1OCCC1NS(=O)(=O)c1c(N)cccc1Cl. The number of benzene rings is 1. The standard InChI is InChI=1S/C11H15ClN2O3S/c1-7-10(5-6-17-7)14-18(15,16)11-8(12)3-2-4-9(11)13/h2-4,7,10,14H,5-6,13H2,1H3. The van der Waals surface area contributed by atoms with Crippen molar-refractivity contribution < 1.29 is 13.2 Å². The van der Waals surface area contributed by atoms with E-state index in [-0.39, 0.29) is 27.8 Å². The molecule has 1 aliphatic heterocycles. The number of hydrogen-bond acceptors (Lipinski definition) is 4. The lowest BCUT2D eigenvalue weighted by atomic mass is 10.2. The predicted octanol–water partition coefficient (Wildman–Crippen LogP) is 1.38. The molecule has 0 aromatic heterocycles. The summed E-state index contributed by atoms with van der Waals surface area (Å²) in [6.07, 6.45) is 0.494. The maximum absolute atomic E-state index is 12.2. The van der Waals surface area contributed by atoms with E-state index in [2.05, 4.69) is 4.72 Å². The summed E-state index contributed by atoms with van der Waals surface area (Å²) in [7, 11) is -3.72. The van der Waals surface area contributed by atoms with Gasteiger partial charge in [-0.15, -0.1) is 0 Å². The summed E-state index contributed by atoms with van der Waals surface area (Å²) in [4.78, 5) is -0.0641. The number of nitrogen functional groups attached to an aromatic ring is 1. The Kier molecular flexibility index (Phi) is 3.82. The molecule has 0 bridgehead atoms. The molecule has 100 valence electrons. The van der Waals surface area contributed by atoms with Crippen molar-refractivity contribution in [3.63, 3.8) is 0 Å². The fraction of sp³-hybridized carbons (Fsp3) is 0.455. The number of nitrogens with two attached hydrogens (primary N) is 1. The molecule has 2 unspecified atom stereocenters. The molecule has 2 atom stereocenters. The van der Waals surface area contributed by atoms with Crippen molar-refractivity contribution in [3.8, 4) is 0 Å². The van der Waals surface area contributed by atoms with Crippen molar-refractivity contribution in [2.24, 2.45) is 0 Å². The average Bonchev–Trinajstić information content (AvgIpc) is 2.63. The second-order valence-electron chi connectivity index (χ2n) is 4.25. The summed E-state index contributed by atoms with van der Waals surface area (Å²) < 4.78 is 32.4. The molecule has 5 nitrogen and oxygen atoms in total. The molecule has 1 aromatic carbocycles. The Balaban J connectivity index is 2.31. The second kappa shape index (κ2) is 5.05. The van der Waals surface area contributed by atoms with Crippen molar-refractivity contribution in [2.75, 3.05) is 12.3 Å². The predicted molar refractivity (Wildman–Crippen MR) is 70.0 cm³/mol. The summed E-state index contributed by atoms with van der Waals surface area (Å²) in [5.74, 6) is 0. The average molecular weight is 291 g/mol. The molecule has 1 saturated heterocycles. The smallest absolute Gasteiger partial charge is 0.244 e. The monoisotopic (exact) mass is 290 g/mol. The van der Waals surface area contributed by atoms with E-state index < -0.39 is 10.0 Å². The first-order valence-electron chi connectivity index (χ1n) is 5.60. The van der Waals surface area contributed by atoms with E-state index in [1.165, 1.54) is 12.1 Å². The van der Waals surface area contributed by atoms with Crippen LogP contribution in [0.25, 0.3) is 0 Å². The van der Waals surface area contributed by atoms with Crippen LogP contribution in [0.1, 0.15) is 13.3 Å². The van der Waals surface area contributed by atoms with Gasteiger partial charge in [0.05, 0.1) is 22.9 Å². The number of nitrogens with one attached hydrogen (secondary N) is 1. The fourth-order valence-corrected chi connectivity index (χ4v) is 3.97. The van der Waals surface area contributed by atoms with Gasteiger partial charge in [0.15, 0.2) is 0 Å². The zero-order valence-electron chi connectivity index (χ0n) is 9.89. The molecule has 7 heteroatoms. The molecular weight excluding hydrogens is 276 g/mol. The van der Waals surface area contributed by atoms with Crippen LogP contribution in [0.5, 0.6) is 0 Å². The molecular formula is C11H15ClN2O3S. The van der Waals surface area contributed by atoms with E-state index in [4.69, 9.17) is 22.1 Å². The largest absolute Gasteiger partial charge is 0.398 e. The molecule has 2 rings (SSSR count). The Hall–Kier alpha value is -0.820. The highest BCUT2D eigenvalue weighted by atomic mass is 35.5. The van der Waals surface area contributed by atoms with Crippen molar-refractivity contribution in [1.29, 1.82) is 0 Å². The number of anilines is 1. The zero-order chi connectivity index (χ0) is 13.3.